The van der Waals surface area contributed by atoms with E-state index in [1.807, 2.05) is 0 Å². The number of nitrogens with zero attached hydrogens (tertiary/aromatic N) is 1. The predicted octanol–water partition coefficient (Wildman–Crippen LogP) is 0.450. The van der Waals surface area contributed by atoms with Crippen LogP contribution in [-0.4, -0.2) is 0 Å². The maximum absolute atomic E-state index is 10.3. The molecule has 0 aliphatic carbocycles. The quantitative estimate of drug-likeness (QED) is 0.422. The van der Waals surface area contributed by atoms with Gasteiger partial charge in [-0.1, -0.05) is 0 Å². The van der Waals surface area contributed by atoms with E-state index in [1.54, 1.807) is 0 Å². The van der Waals surface area contributed by atoms with Crippen LogP contribution >= 0.6 is 0 Å². The lowest BCUT2D eigenvalue weighted by Gasteiger charge is -1.66. The highest BCUT2D eigenvalue weighted by atomic mass is 19.1. The van der Waals surface area contributed by atoms with Crippen molar-refractivity contribution >= 4 is 0 Å². The molecule has 5 heavy (non-hydrogen) atoms. The fourth-order valence-corrected chi connectivity index (χ4v) is 0.0173. The molecule has 26 valence electrons. The number of hydrogen-bond acceptors (Lipinski definition) is 2. The van der Waals surface area contributed by atoms with Crippen LogP contribution in [0.1, 0.15) is 0 Å². The molecule has 0 heterocycles. The van der Waals surface area contributed by atoms with Gasteiger partial charge in [0.15, 0.2) is 0 Å². The second-order valence-electron chi connectivity index (χ2n) is 0.271. The normalized spacial score (nSPS) is 5.60. The molecule has 0 atom stereocenters. The zero-order chi connectivity index (χ0) is 4.12. The summed E-state index contributed by atoms with van der Waals surface area (Å²) in [5.41, 5.74) is 0. The summed E-state index contributed by atoms with van der Waals surface area (Å²) < 4.78 is 13.5. The summed E-state index contributed by atoms with van der Waals surface area (Å²) in [5, 5.41) is 7.29. The lowest BCUT2D eigenvalue weighted by Crippen LogP contribution is -1.61. The average Bonchev–Trinajstić information content (AvgIpc) is 1.41. The molecule has 0 aliphatic rings. The summed E-state index contributed by atoms with van der Waals surface area (Å²) >= 11 is 0. The molecule has 0 amide bonds. The molecule has 0 saturated heterocycles. The van der Waals surface area contributed by atoms with Crippen LogP contribution < -0.4 is 0 Å². The third-order valence-electron chi connectivity index (χ3n) is 0.0842. The largest absolute Gasteiger partial charge is 0.413 e. The number of nitriles is 1. The highest BCUT2D eigenvalue weighted by Crippen LogP contribution is 1.73. The van der Waals surface area contributed by atoms with Crippen LogP contribution in [0.4, 0.5) is 4.39 Å². The topological polar surface area (TPSA) is 33.0 Å². The Labute approximate surface area is 28.8 Å². The van der Waals surface area contributed by atoms with Crippen LogP contribution in [0, 0.1) is 18.4 Å². The van der Waals surface area contributed by atoms with Crippen LogP contribution in [0.15, 0.2) is 0 Å². The molecule has 0 bridgehead atoms. The van der Waals surface area contributed by atoms with Gasteiger partial charge in [-0.3, -0.25) is 0 Å². The SMILES string of the molecule is N#CO[C]F. The summed E-state index contributed by atoms with van der Waals surface area (Å²) in [6, 6.07) is 0. The van der Waals surface area contributed by atoms with E-state index in [1.165, 1.54) is 0 Å². The molecule has 0 aromatic carbocycles. The van der Waals surface area contributed by atoms with E-state index in [4.69, 9.17) is 5.26 Å². The molecule has 3 heteroatoms. The monoisotopic (exact) mass is 73.0 g/mol. The van der Waals surface area contributed by atoms with Crippen molar-refractivity contribution < 1.29 is 9.13 Å². The molecule has 2 radical (unpaired) electrons. The van der Waals surface area contributed by atoms with Crippen molar-refractivity contribution in [3.05, 3.63) is 6.86 Å². The molecule has 2 nitrogen and oxygen atoms in total. The second-order valence-corrected chi connectivity index (χ2v) is 0.271. The summed E-state index contributed by atoms with van der Waals surface area (Å²) in [6.45, 7) is 0.656. The highest BCUT2D eigenvalue weighted by Gasteiger charge is 1.72. The van der Waals surface area contributed by atoms with Crippen molar-refractivity contribution in [2.45, 2.75) is 0 Å². The molecule has 0 saturated carbocycles. The van der Waals surface area contributed by atoms with E-state index in [9.17, 15) is 4.39 Å². The van der Waals surface area contributed by atoms with Gasteiger partial charge < -0.3 is 4.74 Å². The summed E-state index contributed by atoms with van der Waals surface area (Å²) in [5.74, 6) is 0. The fraction of sp³-hybridized carbons (Fsp3) is 0. The average molecular weight is 73.0 g/mol. The third-order valence-corrected chi connectivity index (χ3v) is 0.0842. The van der Waals surface area contributed by atoms with Crippen molar-refractivity contribution in [3.63, 3.8) is 0 Å². The van der Waals surface area contributed by atoms with E-state index in [0.29, 0.717) is 6.86 Å². The van der Waals surface area contributed by atoms with E-state index in [0.717, 1.165) is 6.26 Å². The van der Waals surface area contributed by atoms with Gasteiger partial charge in [-0.05, 0) is 0 Å². The van der Waals surface area contributed by atoms with Crippen molar-refractivity contribution in [2.75, 3.05) is 0 Å². The second kappa shape index (κ2) is 3.22. The molecule has 0 rings (SSSR count). The van der Waals surface area contributed by atoms with Crippen molar-refractivity contribution in [1.82, 2.24) is 0 Å². The first kappa shape index (κ1) is 4.22. The Morgan fingerprint density at radius 2 is 2.40 bits per heavy atom. The molecule has 0 aliphatic heterocycles. The van der Waals surface area contributed by atoms with Gasteiger partial charge in [0.25, 0.3) is 6.26 Å². The molecule has 0 aromatic heterocycles. The lowest BCUT2D eigenvalue weighted by molar-refractivity contribution is 0.248. The van der Waals surface area contributed by atoms with Crippen LogP contribution in [0.25, 0.3) is 0 Å². The lowest BCUT2D eigenvalue weighted by atomic mass is 11.4. The standard InChI is InChI=1S/C2FNO/c3-1-5-2-4. The smallest absolute Gasteiger partial charge is 0.373 e. The van der Waals surface area contributed by atoms with Gasteiger partial charge in [0.05, 0.1) is 0 Å². The van der Waals surface area contributed by atoms with Gasteiger partial charge in [0, 0.05) is 0 Å². The van der Waals surface area contributed by atoms with E-state index < -0.39 is 0 Å². The van der Waals surface area contributed by atoms with Gasteiger partial charge in [-0.15, -0.1) is 0 Å². The molecule has 0 aromatic rings. The Hall–Kier alpha value is -0.780. The Morgan fingerprint density at radius 3 is 2.40 bits per heavy atom. The number of ether oxygens (including phenoxy) is 1. The molecular weight excluding hydrogens is 73.0 g/mol. The van der Waals surface area contributed by atoms with Crippen LogP contribution in [0.2, 0.25) is 0 Å². The maximum atomic E-state index is 10.3. The number of rotatable bonds is 1. The van der Waals surface area contributed by atoms with Crippen LogP contribution in [-0.2, 0) is 4.74 Å². The van der Waals surface area contributed by atoms with E-state index in [2.05, 4.69) is 4.74 Å². The van der Waals surface area contributed by atoms with Gasteiger partial charge in [0.2, 0.25) is 0 Å². The first-order valence-corrected chi connectivity index (χ1v) is 0.821. The zero-order valence-corrected chi connectivity index (χ0v) is 2.23. The van der Waals surface area contributed by atoms with Gasteiger partial charge in [0.1, 0.15) is 0 Å². The van der Waals surface area contributed by atoms with Gasteiger partial charge in [-0.2, -0.15) is 9.65 Å². The van der Waals surface area contributed by atoms with Crippen LogP contribution in [0.3, 0.4) is 0 Å². The number of hydrogen-bond donors (Lipinski definition) is 0. The Morgan fingerprint density at radius 1 is 1.80 bits per heavy atom. The first-order valence-electron chi connectivity index (χ1n) is 0.821. The minimum absolute atomic E-state index is 0.656. The van der Waals surface area contributed by atoms with Gasteiger partial charge >= 0.3 is 6.86 Å². The molecule has 0 spiro atoms. The van der Waals surface area contributed by atoms with Crippen LogP contribution in [0.5, 0.6) is 0 Å². The molecule has 0 fully saturated rings. The molecular formula is C2FNO. The summed E-state index contributed by atoms with van der Waals surface area (Å²) in [6.07, 6.45) is 1.03. The van der Waals surface area contributed by atoms with Crippen molar-refractivity contribution in [2.24, 2.45) is 0 Å². The first-order chi connectivity index (χ1) is 2.41. The highest BCUT2D eigenvalue weighted by molar-refractivity contribution is 4.45. The summed E-state index contributed by atoms with van der Waals surface area (Å²) in [7, 11) is 0. The Bertz CT molecular complexity index is 48.1. The number of halogens is 1. The minimum atomic E-state index is 0.656. The Kier molecular flexibility index (Phi) is 2.72. The fourth-order valence-electron chi connectivity index (χ4n) is 0.0173. The third kappa shape index (κ3) is 3.22. The maximum Gasteiger partial charge on any atom is 0.413 e. The predicted molar refractivity (Wildman–Crippen MR) is 11.0 cm³/mol. The van der Waals surface area contributed by atoms with Crippen molar-refractivity contribution in [1.29, 1.82) is 5.26 Å². The van der Waals surface area contributed by atoms with Gasteiger partial charge in [-0.25, -0.2) is 0 Å². The summed E-state index contributed by atoms with van der Waals surface area (Å²) in [4.78, 5) is 0. The minimum Gasteiger partial charge on any atom is -0.373 e. The zero-order valence-electron chi connectivity index (χ0n) is 2.23. The molecule has 0 unspecified atom stereocenters. The molecule has 0 N–H and O–H groups in total. The van der Waals surface area contributed by atoms with E-state index >= 15 is 0 Å². The van der Waals surface area contributed by atoms with Crippen molar-refractivity contribution in [3.8, 4) is 6.26 Å². The van der Waals surface area contributed by atoms with E-state index in [-0.39, 0.29) is 0 Å². The Balaban J connectivity index is 2.48.